The lowest BCUT2D eigenvalue weighted by Crippen LogP contribution is -2.53. The zero-order valence-corrected chi connectivity index (χ0v) is 12.1. The summed E-state index contributed by atoms with van der Waals surface area (Å²) in [5.41, 5.74) is 1.10. The van der Waals surface area contributed by atoms with Crippen molar-refractivity contribution in [2.24, 2.45) is 0 Å². The SMILES string of the molecule is CCNC(=O)C1COCCN1Cc1ccc(NC)nc1. The van der Waals surface area contributed by atoms with Crippen LogP contribution in [-0.2, 0) is 16.1 Å². The summed E-state index contributed by atoms with van der Waals surface area (Å²) in [5.74, 6) is 0.878. The molecule has 20 heavy (non-hydrogen) atoms. The van der Waals surface area contributed by atoms with Gasteiger partial charge < -0.3 is 15.4 Å². The number of rotatable bonds is 5. The molecule has 1 unspecified atom stereocenters. The van der Waals surface area contributed by atoms with E-state index in [0.717, 1.165) is 17.9 Å². The number of morpholine rings is 1. The number of likely N-dealkylation sites (N-methyl/N-ethyl adjacent to an activating group) is 1. The molecule has 2 heterocycles. The molecule has 1 fully saturated rings. The highest BCUT2D eigenvalue weighted by molar-refractivity contribution is 5.81. The quantitative estimate of drug-likeness (QED) is 0.819. The number of nitrogens with one attached hydrogen (secondary N) is 2. The Hall–Kier alpha value is -1.66. The van der Waals surface area contributed by atoms with Crippen LogP contribution in [0.25, 0.3) is 0 Å². The molecule has 0 radical (unpaired) electrons. The number of hydrogen-bond donors (Lipinski definition) is 2. The van der Waals surface area contributed by atoms with Gasteiger partial charge in [0.15, 0.2) is 0 Å². The number of carbonyl (C=O) groups excluding carboxylic acids is 1. The fourth-order valence-electron chi connectivity index (χ4n) is 2.26. The second-order valence-corrected chi connectivity index (χ2v) is 4.76. The first-order valence-corrected chi connectivity index (χ1v) is 6.96. The summed E-state index contributed by atoms with van der Waals surface area (Å²) < 4.78 is 5.43. The molecule has 1 aromatic rings. The van der Waals surface area contributed by atoms with E-state index in [0.29, 0.717) is 26.3 Å². The monoisotopic (exact) mass is 278 g/mol. The predicted molar refractivity (Wildman–Crippen MR) is 77.5 cm³/mol. The molecule has 0 aliphatic carbocycles. The van der Waals surface area contributed by atoms with Crippen LogP contribution in [0.1, 0.15) is 12.5 Å². The molecule has 1 aromatic heterocycles. The Bertz CT molecular complexity index is 435. The molecule has 0 bridgehead atoms. The van der Waals surface area contributed by atoms with Crippen LogP contribution < -0.4 is 10.6 Å². The largest absolute Gasteiger partial charge is 0.378 e. The zero-order valence-electron chi connectivity index (χ0n) is 12.1. The van der Waals surface area contributed by atoms with Gasteiger partial charge in [-0.2, -0.15) is 0 Å². The van der Waals surface area contributed by atoms with E-state index in [-0.39, 0.29) is 11.9 Å². The molecular weight excluding hydrogens is 256 g/mol. The number of hydrogen-bond acceptors (Lipinski definition) is 5. The van der Waals surface area contributed by atoms with E-state index in [1.807, 2.05) is 32.3 Å². The van der Waals surface area contributed by atoms with Gasteiger partial charge in [0.05, 0.1) is 13.2 Å². The van der Waals surface area contributed by atoms with Crippen LogP contribution in [0.15, 0.2) is 18.3 Å². The van der Waals surface area contributed by atoms with Gasteiger partial charge in [-0.05, 0) is 18.6 Å². The maximum atomic E-state index is 12.0. The molecule has 6 nitrogen and oxygen atoms in total. The summed E-state index contributed by atoms with van der Waals surface area (Å²) in [7, 11) is 1.84. The number of pyridine rings is 1. The van der Waals surface area contributed by atoms with Crippen molar-refractivity contribution < 1.29 is 9.53 Å². The van der Waals surface area contributed by atoms with Gasteiger partial charge in [0, 0.05) is 32.9 Å². The first-order chi connectivity index (χ1) is 9.74. The van der Waals surface area contributed by atoms with E-state index in [1.165, 1.54) is 0 Å². The van der Waals surface area contributed by atoms with Crippen LogP contribution >= 0.6 is 0 Å². The van der Waals surface area contributed by atoms with Gasteiger partial charge in [0.25, 0.3) is 0 Å². The summed E-state index contributed by atoms with van der Waals surface area (Å²) in [4.78, 5) is 18.5. The molecule has 1 aliphatic heterocycles. The van der Waals surface area contributed by atoms with Crippen molar-refractivity contribution in [3.63, 3.8) is 0 Å². The molecule has 1 atom stereocenters. The van der Waals surface area contributed by atoms with Crippen molar-refractivity contribution >= 4 is 11.7 Å². The fraction of sp³-hybridized carbons (Fsp3) is 0.571. The maximum absolute atomic E-state index is 12.0. The van der Waals surface area contributed by atoms with Crippen molar-refractivity contribution in [2.75, 3.05) is 38.7 Å². The first-order valence-electron chi connectivity index (χ1n) is 6.96. The minimum Gasteiger partial charge on any atom is -0.378 e. The molecule has 2 rings (SSSR count). The third-order valence-corrected chi connectivity index (χ3v) is 3.36. The van der Waals surface area contributed by atoms with E-state index in [9.17, 15) is 4.79 Å². The van der Waals surface area contributed by atoms with Crippen molar-refractivity contribution in [1.82, 2.24) is 15.2 Å². The summed E-state index contributed by atoms with van der Waals surface area (Å²) in [6.07, 6.45) is 1.84. The van der Waals surface area contributed by atoms with Crippen molar-refractivity contribution in [2.45, 2.75) is 19.5 Å². The van der Waals surface area contributed by atoms with Crippen molar-refractivity contribution in [3.05, 3.63) is 23.9 Å². The van der Waals surface area contributed by atoms with Crippen molar-refractivity contribution in [3.8, 4) is 0 Å². The van der Waals surface area contributed by atoms with Gasteiger partial charge in [0.2, 0.25) is 5.91 Å². The Morgan fingerprint density at radius 2 is 2.40 bits per heavy atom. The molecule has 0 spiro atoms. The predicted octanol–water partition coefficient (Wildman–Crippen LogP) is 0.460. The molecular formula is C14H22N4O2. The van der Waals surface area contributed by atoms with Crippen LogP contribution in [0.5, 0.6) is 0 Å². The highest BCUT2D eigenvalue weighted by atomic mass is 16.5. The molecule has 0 aromatic carbocycles. The van der Waals surface area contributed by atoms with Crippen molar-refractivity contribution in [1.29, 1.82) is 0 Å². The van der Waals surface area contributed by atoms with Gasteiger partial charge in [0.1, 0.15) is 11.9 Å². The summed E-state index contributed by atoms with van der Waals surface area (Å²) >= 11 is 0. The van der Waals surface area contributed by atoms with Crippen LogP contribution in [0.4, 0.5) is 5.82 Å². The number of carbonyl (C=O) groups is 1. The normalized spacial score (nSPS) is 19.6. The second kappa shape index (κ2) is 7.21. The van der Waals surface area contributed by atoms with E-state index in [2.05, 4.69) is 20.5 Å². The van der Waals surface area contributed by atoms with E-state index < -0.39 is 0 Å². The molecule has 110 valence electrons. The number of nitrogens with zero attached hydrogens (tertiary/aromatic N) is 2. The Morgan fingerprint density at radius 3 is 3.05 bits per heavy atom. The maximum Gasteiger partial charge on any atom is 0.239 e. The highest BCUT2D eigenvalue weighted by Gasteiger charge is 2.28. The minimum atomic E-state index is -0.215. The molecule has 0 saturated carbocycles. The molecule has 2 N–H and O–H groups in total. The smallest absolute Gasteiger partial charge is 0.239 e. The Labute approximate surface area is 119 Å². The van der Waals surface area contributed by atoms with Gasteiger partial charge in [-0.15, -0.1) is 0 Å². The van der Waals surface area contributed by atoms with E-state index >= 15 is 0 Å². The van der Waals surface area contributed by atoms with Gasteiger partial charge in [-0.25, -0.2) is 4.98 Å². The molecule has 1 aliphatic rings. The summed E-state index contributed by atoms with van der Waals surface area (Å²) in [6, 6.07) is 3.76. The van der Waals surface area contributed by atoms with E-state index in [1.54, 1.807) is 0 Å². The van der Waals surface area contributed by atoms with Crippen LogP contribution in [-0.4, -0.2) is 55.2 Å². The minimum absolute atomic E-state index is 0.0343. The summed E-state index contributed by atoms with van der Waals surface area (Å²) in [6.45, 7) is 5.15. The molecule has 1 amide bonds. The van der Waals surface area contributed by atoms with E-state index in [4.69, 9.17) is 4.74 Å². The Morgan fingerprint density at radius 1 is 1.55 bits per heavy atom. The lowest BCUT2D eigenvalue weighted by Gasteiger charge is -2.34. The van der Waals surface area contributed by atoms with Gasteiger partial charge in [-0.1, -0.05) is 6.07 Å². The fourth-order valence-corrected chi connectivity index (χ4v) is 2.26. The lowest BCUT2D eigenvalue weighted by atomic mass is 10.1. The molecule has 6 heteroatoms. The van der Waals surface area contributed by atoms with Crippen LogP contribution in [0.3, 0.4) is 0 Å². The third kappa shape index (κ3) is 3.68. The average molecular weight is 278 g/mol. The molecule has 1 saturated heterocycles. The number of amides is 1. The van der Waals surface area contributed by atoms with Crippen LogP contribution in [0, 0.1) is 0 Å². The summed E-state index contributed by atoms with van der Waals surface area (Å²) in [5, 5.41) is 5.86. The van der Waals surface area contributed by atoms with Gasteiger partial charge in [-0.3, -0.25) is 9.69 Å². The lowest BCUT2D eigenvalue weighted by molar-refractivity contribution is -0.132. The Balaban J connectivity index is 2.02. The number of anilines is 1. The standard InChI is InChI=1S/C14H22N4O2/c1-3-16-14(19)12-10-20-7-6-18(12)9-11-4-5-13(15-2)17-8-11/h4-5,8,12H,3,6-7,9-10H2,1-2H3,(H,15,17)(H,16,19). The number of ether oxygens (including phenoxy) is 1. The Kier molecular flexibility index (Phi) is 5.31. The second-order valence-electron chi connectivity index (χ2n) is 4.76. The average Bonchev–Trinajstić information content (AvgIpc) is 2.49. The highest BCUT2D eigenvalue weighted by Crippen LogP contribution is 2.13. The first kappa shape index (κ1) is 14.7. The topological polar surface area (TPSA) is 66.5 Å². The number of aromatic nitrogens is 1. The van der Waals surface area contributed by atoms with Gasteiger partial charge >= 0.3 is 0 Å². The van der Waals surface area contributed by atoms with Crippen LogP contribution in [0.2, 0.25) is 0 Å². The zero-order chi connectivity index (χ0) is 14.4. The third-order valence-electron chi connectivity index (χ3n) is 3.36.